The van der Waals surface area contributed by atoms with Gasteiger partial charge >= 0.3 is 0 Å². The average molecular weight is 319 g/mol. The number of hydrogen-bond acceptors (Lipinski definition) is 6. The quantitative estimate of drug-likeness (QED) is 0.600. The minimum Gasteiger partial charge on any atom is -0.467 e. The van der Waals surface area contributed by atoms with Crippen molar-refractivity contribution in [2.24, 2.45) is 0 Å². The number of hydrogen-bond donors (Lipinski definition) is 2. The molecule has 0 aliphatic carbocycles. The lowest BCUT2D eigenvalue weighted by Gasteiger charge is -2.07. The minimum absolute atomic E-state index is 0.256. The Kier molecular flexibility index (Phi) is 3.51. The molecule has 0 saturated heterocycles. The first kappa shape index (κ1) is 14.1. The van der Waals surface area contributed by atoms with E-state index in [1.54, 1.807) is 37.0 Å². The summed E-state index contributed by atoms with van der Waals surface area (Å²) in [6.45, 7) is 0.420. The maximum absolute atomic E-state index is 12.5. The first-order chi connectivity index (χ1) is 11.8. The predicted molar refractivity (Wildman–Crippen MR) is 89.4 cm³/mol. The highest BCUT2D eigenvalue weighted by molar-refractivity contribution is 5.91. The van der Waals surface area contributed by atoms with Crippen molar-refractivity contribution in [2.45, 2.75) is 6.54 Å². The molecule has 0 aliphatic rings. The van der Waals surface area contributed by atoms with Gasteiger partial charge in [0.25, 0.3) is 5.56 Å². The van der Waals surface area contributed by atoms with Crippen LogP contribution in [0.4, 0.5) is 5.95 Å². The van der Waals surface area contributed by atoms with E-state index >= 15 is 0 Å². The summed E-state index contributed by atoms with van der Waals surface area (Å²) in [6.07, 6.45) is 6.62. The molecule has 4 aromatic rings. The third-order valence-corrected chi connectivity index (χ3v) is 3.59. The maximum atomic E-state index is 12.5. The Hall–Kier alpha value is -3.48. The second-order valence-electron chi connectivity index (χ2n) is 5.15. The molecule has 0 spiro atoms. The number of furan rings is 1. The smallest absolute Gasteiger partial charge is 0.262 e. The van der Waals surface area contributed by atoms with Crippen molar-refractivity contribution >= 4 is 17.0 Å². The van der Waals surface area contributed by atoms with Crippen LogP contribution >= 0.6 is 0 Å². The van der Waals surface area contributed by atoms with Crippen LogP contribution in [0, 0.1) is 0 Å². The summed E-state index contributed by atoms with van der Waals surface area (Å²) in [6, 6.07) is 9.14. The predicted octanol–water partition coefficient (Wildman–Crippen LogP) is 2.59. The number of pyridine rings is 2. The largest absolute Gasteiger partial charge is 0.467 e. The van der Waals surface area contributed by atoms with Crippen LogP contribution in [0.3, 0.4) is 0 Å². The molecule has 0 unspecified atom stereocenters. The summed E-state index contributed by atoms with van der Waals surface area (Å²) in [4.78, 5) is 28.0. The second-order valence-corrected chi connectivity index (χ2v) is 5.15. The van der Waals surface area contributed by atoms with E-state index in [-0.39, 0.29) is 5.56 Å². The number of nitrogens with zero attached hydrogens (tertiary/aromatic N) is 3. The first-order valence-electron chi connectivity index (χ1n) is 7.37. The SMILES string of the molecule is O=c1[nH]c(NCc2ccco2)nc2nccc(-c3cccnc3)c12. The van der Waals surface area contributed by atoms with Crippen LogP contribution < -0.4 is 10.9 Å². The Balaban J connectivity index is 1.76. The lowest BCUT2D eigenvalue weighted by atomic mass is 10.1. The van der Waals surface area contributed by atoms with Crippen molar-refractivity contribution in [3.63, 3.8) is 0 Å². The van der Waals surface area contributed by atoms with E-state index in [0.717, 1.165) is 16.9 Å². The Labute approximate surface area is 136 Å². The third kappa shape index (κ3) is 2.63. The zero-order valence-electron chi connectivity index (χ0n) is 12.6. The highest BCUT2D eigenvalue weighted by Crippen LogP contribution is 2.23. The maximum Gasteiger partial charge on any atom is 0.262 e. The van der Waals surface area contributed by atoms with Crippen LogP contribution in [0.25, 0.3) is 22.2 Å². The molecule has 0 aliphatic heterocycles. The Bertz CT molecular complexity index is 1030. The van der Waals surface area contributed by atoms with E-state index in [0.29, 0.717) is 23.5 Å². The van der Waals surface area contributed by atoms with Crippen LogP contribution in [0.1, 0.15) is 5.76 Å². The van der Waals surface area contributed by atoms with E-state index in [1.165, 1.54) is 0 Å². The molecule has 24 heavy (non-hydrogen) atoms. The molecule has 2 N–H and O–H groups in total. The van der Waals surface area contributed by atoms with Crippen molar-refractivity contribution in [1.82, 2.24) is 19.9 Å². The molecule has 7 nitrogen and oxygen atoms in total. The zero-order chi connectivity index (χ0) is 16.4. The summed E-state index contributed by atoms with van der Waals surface area (Å²) in [7, 11) is 0. The van der Waals surface area contributed by atoms with Crippen molar-refractivity contribution < 1.29 is 4.42 Å². The van der Waals surface area contributed by atoms with Gasteiger partial charge in [-0.2, -0.15) is 4.98 Å². The van der Waals surface area contributed by atoms with Crippen molar-refractivity contribution in [3.05, 3.63) is 71.3 Å². The van der Waals surface area contributed by atoms with Gasteiger partial charge in [-0.15, -0.1) is 0 Å². The van der Waals surface area contributed by atoms with Crippen LogP contribution in [0.5, 0.6) is 0 Å². The van der Waals surface area contributed by atoms with Crippen molar-refractivity contribution in [2.75, 3.05) is 5.32 Å². The van der Waals surface area contributed by atoms with E-state index in [4.69, 9.17) is 4.42 Å². The number of nitrogens with one attached hydrogen (secondary N) is 2. The van der Waals surface area contributed by atoms with Crippen LogP contribution in [0.2, 0.25) is 0 Å². The summed E-state index contributed by atoms with van der Waals surface area (Å²) in [5.74, 6) is 1.09. The molecule has 4 heterocycles. The highest BCUT2D eigenvalue weighted by Gasteiger charge is 2.11. The monoisotopic (exact) mass is 319 g/mol. The van der Waals surface area contributed by atoms with Gasteiger partial charge in [-0.25, -0.2) is 4.98 Å². The minimum atomic E-state index is -0.256. The summed E-state index contributed by atoms with van der Waals surface area (Å²) in [5, 5.41) is 3.47. The number of H-pyrrole nitrogens is 1. The number of rotatable bonds is 4. The molecule has 0 bridgehead atoms. The number of aromatic nitrogens is 4. The molecule has 0 saturated carbocycles. The molecular formula is C17H13N5O2. The van der Waals surface area contributed by atoms with E-state index in [2.05, 4.69) is 25.3 Å². The molecule has 0 fully saturated rings. The summed E-state index contributed by atoms with van der Waals surface area (Å²) < 4.78 is 5.25. The van der Waals surface area contributed by atoms with Gasteiger partial charge in [0.2, 0.25) is 5.95 Å². The van der Waals surface area contributed by atoms with Gasteiger partial charge in [-0.1, -0.05) is 6.07 Å². The molecule has 0 radical (unpaired) electrons. The van der Waals surface area contributed by atoms with Gasteiger partial charge in [0, 0.05) is 29.7 Å². The highest BCUT2D eigenvalue weighted by atomic mass is 16.3. The number of aromatic amines is 1. The van der Waals surface area contributed by atoms with Crippen LogP contribution in [-0.4, -0.2) is 19.9 Å². The molecule has 4 rings (SSSR count). The van der Waals surface area contributed by atoms with Gasteiger partial charge in [0.1, 0.15) is 5.76 Å². The lowest BCUT2D eigenvalue weighted by Crippen LogP contribution is -2.14. The standard InChI is InChI=1S/C17H13N5O2/c23-16-14-13(11-3-1-6-18-9-11)5-7-19-15(14)21-17(22-16)20-10-12-4-2-8-24-12/h1-9H,10H2,(H2,19,20,21,22,23). The van der Waals surface area contributed by atoms with Gasteiger partial charge in [0.05, 0.1) is 18.2 Å². The Morgan fingerprint density at radius 3 is 2.92 bits per heavy atom. The fraction of sp³-hybridized carbons (Fsp3) is 0.0588. The normalized spacial score (nSPS) is 10.8. The molecule has 118 valence electrons. The zero-order valence-corrected chi connectivity index (χ0v) is 12.6. The van der Waals surface area contributed by atoms with Gasteiger partial charge < -0.3 is 9.73 Å². The van der Waals surface area contributed by atoms with Gasteiger partial charge in [-0.3, -0.25) is 14.8 Å². The molecular weight excluding hydrogens is 306 g/mol. The Morgan fingerprint density at radius 2 is 2.12 bits per heavy atom. The average Bonchev–Trinajstić information content (AvgIpc) is 3.14. The van der Waals surface area contributed by atoms with Crippen LogP contribution in [0.15, 0.2) is 64.4 Å². The number of fused-ring (bicyclic) bond motifs is 1. The molecule has 7 heteroatoms. The second kappa shape index (κ2) is 5.96. The van der Waals surface area contributed by atoms with Crippen LogP contribution in [-0.2, 0) is 6.54 Å². The third-order valence-electron chi connectivity index (χ3n) is 3.59. The number of anilines is 1. The first-order valence-corrected chi connectivity index (χ1v) is 7.37. The fourth-order valence-electron chi connectivity index (χ4n) is 2.49. The summed E-state index contributed by atoms with van der Waals surface area (Å²) >= 11 is 0. The summed E-state index contributed by atoms with van der Waals surface area (Å²) in [5.41, 5.74) is 1.71. The molecule has 4 aromatic heterocycles. The van der Waals surface area contributed by atoms with E-state index in [1.807, 2.05) is 18.2 Å². The lowest BCUT2D eigenvalue weighted by molar-refractivity contribution is 0.517. The molecule has 0 atom stereocenters. The van der Waals surface area contributed by atoms with E-state index in [9.17, 15) is 4.79 Å². The topological polar surface area (TPSA) is 96.7 Å². The van der Waals surface area contributed by atoms with Crippen molar-refractivity contribution in [3.8, 4) is 11.1 Å². The van der Waals surface area contributed by atoms with Crippen molar-refractivity contribution in [1.29, 1.82) is 0 Å². The molecule has 0 amide bonds. The molecule has 0 aromatic carbocycles. The van der Waals surface area contributed by atoms with E-state index < -0.39 is 0 Å². The van der Waals surface area contributed by atoms with Gasteiger partial charge in [0.15, 0.2) is 5.65 Å². The Morgan fingerprint density at radius 1 is 1.17 bits per heavy atom. The fourth-order valence-corrected chi connectivity index (χ4v) is 2.49. The van der Waals surface area contributed by atoms with Gasteiger partial charge in [-0.05, 0) is 24.3 Å².